The quantitative estimate of drug-likeness (QED) is 0.743. The molecule has 1 aromatic rings. The highest BCUT2D eigenvalue weighted by atomic mass is 16.5. The Kier molecular flexibility index (Phi) is 5.02. The smallest absolute Gasteiger partial charge is 0.124 e. The van der Waals surface area contributed by atoms with Crippen LogP contribution in [0.25, 0.3) is 0 Å². The van der Waals surface area contributed by atoms with Gasteiger partial charge in [-0.2, -0.15) is 0 Å². The maximum atomic E-state index is 5.88. The largest absolute Gasteiger partial charge is 0.494 e. The van der Waals surface area contributed by atoms with Crippen LogP contribution < -0.4 is 15.8 Å². The first-order valence-electron chi connectivity index (χ1n) is 7.00. The molecule has 0 heterocycles. The maximum absolute atomic E-state index is 5.88. The van der Waals surface area contributed by atoms with E-state index in [-0.39, 0.29) is 6.04 Å². The average Bonchev–Trinajstić information content (AvgIpc) is 3.20. The van der Waals surface area contributed by atoms with Crippen molar-refractivity contribution in [1.29, 1.82) is 0 Å². The monoisotopic (exact) mass is 248 g/mol. The van der Waals surface area contributed by atoms with Gasteiger partial charge in [-0.15, -0.1) is 0 Å². The first kappa shape index (κ1) is 13.4. The normalized spacial score (nSPS) is 16.6. The Morgan fingerprint density at radius 1 is 1.39 bits per heavy atom. The molecule has 0 saturated heterocycles. The van der Waals surface area contributed by atoms with Crippen LogP contribution in [0.1, 0.15) is 37.8 Å². The Morgan fingerprint density at radius 2 is 2.17 bits per heavy atom. The van der Waals surface area contributed by atoms with E-state index >= 15 is 0 Å². The van der Waals surface area contributed by atoms with Crippen LogP contribution in [-0.2, 0) is 0 Å². The predicted octanol–water partition coefficient (Wildman–Crippen LogP) is 2.47. The van der Waals surface area contributed by atoms with E-state index in [0.717, 1.165) is 18.2 Å². The molecule has 0 radical (unpaired) electrons. The molecule has 0 spiro atoms. The number of nitrogens with one attached hydrogen (secondary N) is 1. The lowest BCUT2D eigenvalue weighted by molar-refractivity contribution is 0.331. The lowest BCUT2D eigenvalue weighted by Crippen LogP contribution is -2.29. The topological polar surface area (TPSA) is 47.3 Å². The highest BCUT2D eigenvalue weighted by Crippen LogP contribution is 2.32. The molecule has 100 valence electrons. The van der Waals surface area contributed by atoms with E-state index < -0.39 is 0 Å². The van der Waals surface area contributed by atoms with Crippen molar-refractivity contribution in [2.45, 2.75) is 32.2 Å². The van der Waals surface area contributed by atoms with Crippen LogP contribution in [0.15, 0.2) is 24.3 Å². The summed E-state index contributed by atoms with van der Waals surface area (Å²) >= 11 is 0. The van der Waals surface area contributed by atoms with E-state index in [1.807, 2.05) is 25.1 Å². The minimum Gasteiger partial charge on any atom is -0.494 e. The van der Waals surface area contributed by atoms with Gasteiger partial charge in [0, 0.05) is 18.2 Å². The maximum Gasteiger partial charge on any atom is 0.124 e. The summed E-state index contributed by atoms with van der Waals surface area (Å²) in [5, 5.41) is 3.55. The molecule has 0 amide bonds. The van der Waals surface area contributed by atoms with Gasteiger partial charge in [-0.1, -0.05) is 31.0 Å². The average molecular weight is 248 g/mol. The third-order valence-electron chi connectivity index (χ3n) is 3.47. The van der Waals surface area contributed by atoms with Crippen LogP contribution in [0.2, 0.25) is 0 Å². The molecule has 1 aliphatic carbocycles. The van der Waals surface area contributed by atoms with Crippen LogP contribution in [0.3, 0.4) is 0 Å². The molecular weight excluding hydrogens is 224 g/mol. The van der Waals surface area contributed by atoms with Crippen LogP contribution in [0, 0.1) is 5.92 Å². The van der Waals surface area contributed by atoms with Gasteiger partial charge in [-0.25, -0.2) is 0 Å². The van der Waals surface area contributed by atoms with Crippen molar-refractivity contribution in [3.63, 3.8) is 0 Å². The van der Waals surface area contributed by atoms with Crippen molar-refractivity contribution in [2.75, 3.05) is 19.7 Å². The van der Waals surface area contributed by atoms with E-state index in [0.29, 0.717) is 13.2 Å². The number of benzene rings is 1. The van der Waals surface area contributed by atoms with Gasteiger partial charge in [0.05, 0.1) is 6.61 Å². The Bertz CT molecular complexity index is 363. The van der Waals surface area contributed by atoms with Gasteiger partial charge in [-0.3, -0.25) is 0 Å². The molecule has 1 saturated carbocycles. The Morgan fingerprint density at radius 3 is 2.83 bits per heavy atom. The Hall–Kier alpha value is -1.06. The molecule has 1 aliphatic rings. The van der Waals surface area contributed by atoms with Crippen LogP contribution >= 0.6 is 0 Å². The summed E-state index contributed by atoms with van der Waals surface area (Å²) < 4.78 is 5.66. The second-order valence-electron chi connectivity index (χ2n) is 4.95. The fourth-order valence-electron chi connectivity index (χ4n) is 2.24. The van der Waals surface area contributed by atoms with Gasteiger partial charge >= 0.3 is 0 Å². The Balaban J connectivity index is 1.95. The van der Waals surface area contributed by atoms with Crippen LogP contribution in [0.4, 0.5) is 0 Å². The van der Waals surface area contributed by atoms with E-state index in [1.54, 1.807) is 0 Å². The van der Waals surface area contributed by atoms with E-state index in [4.69, 9.17) is 10.5 Å². The summed E-state index contributed by atoms with van der Waals surface area (Å²) in [5.41, 5.74) is 7.06. The first-order valence-corrected chi connectivity index (χ1v) is 7.00. The van der Waals surface area contributed by atoms with Gasteiger partial charge in [0.15, 0.2) is 0 Å². The molecule has 0 aromatic heterocycles. The van der Waals surface area contributed by atoms with Crippen molar-refractivity contribution in [2.24, 2.45) is 11.7 Å². The summed E-state index contributed by atoms with van der Waals surface area (Å²) in [6, 6.07) is 8.37. The Labute approximate surface area is 110 Å². The van der Waals surface area contributed by atoms with Crippen molar-refractivity contribution < 1.29 is 4.74 Å². The zero-order chi connectivity index (χ0) is 12.8. The van der Waals surface area contributed by atoms with Gasteiger partial charge in [0.1, 0.15) is 5.75 Å². The summed E-state index contributed by atoms with van der Waals surface area (Å²) in [5.74, 6) is 1.91. The zero-order valence-corrected chi connectivity index (χ0v) is 11.2. The minimum absolute atomic E-state index is 0.200. The molecule has 0 bridgehead atoms. The third kappa shape index (κ3) is 3.72. The molecule has 3 heteroatoms. The summed E-state index contributed by atoms with van der Waals surface area (Å²) in [4.78, 5) is 0. The van der Waals surface area contributed by atoms with Crippen molar-refractivity contribution in [1.82, 2.24) is 5.32 Å². The number of hydrogen-bond donors (Lipinski definition) is 2. The SMILES string of the molecule is CCOc1ccccc1C(CN)NCCC1CC1. The van der Waals surface area contributed by atoms with Gasteiger partial charge in [-0.05, 0) is 31.9 Å². The lowest BCUT2D eigenvalue weighted by Gasteiger charge is -2.20. The molecule has 1 aromatic carbocycles. The lowest BCUT2D eigenvalue weighted by atomic mass is 10.1. The molecule has 18 heavy (non-hydrogen) atoms. The van der Waals surface area contributed by atoms with Crippen molar-refractivity contribution in [3.8, 4) is 5.75 Å². The molecule has 1 fully saturated rings. The molecule has 3 N–H and O–H groups in total. The molecule has 0 aliphatic heterocycles. The van der Waals surface area contributed by atoms with E-state index in [9.17, 15) is 0 Å². The predicted molar refractivity (Wildman–Crippen MR) is 74.8 cm³/mol. The number of para-hydroxylation sites is 1. The minimum atomic E-state index is 0.200. The second kappa shape index (κ2) is 6.76. The van der Waals surface area contributed by atoms with Gasteiger partial charge < -0.3 is 15.8 Å². The van der Waals surface area contributed by atoms with Gasteiger partial charge in [0.25, 0.3) is 0 Å². The summed E-state index contributed by atoms with van der Waals surface area (Å²) in [7, 11) is 0. The number of ether oxygens (including phenoxy) is 1. The van der Waals surface area contributed by atoms with Crippen LogP contribution in [-0.4, -0.2) is 19.7 Å². The van der Waals surface area contributed by atoms with E-state index in [1.165, 1.54) is 24.8 Å². The third-order valence-corrected chi connectivity index (χ3v) is 3.47. The number of rotatable bonds is 8. The fourth-order valence-corrected chi connectivity index (χ4v) is 2.24. The first-order chi connectivity index (χ1) is 8.85. The second-order valence-corrected chi connectivity index (χ2v) is 4.95. The highest BCUT2D eigenvalue weighted by Gasteiger charge is 2.21. The molecule has 1 atom stereocenters. The van der Waals surface area contributed by atoms with Crippen molar-refractivity contribution >= 4 is 0 Å². The van der Waals surface area contributed by atoms with E-state index in [2.05, 4.69) is 11.4 Å². The van der Waals surface area contributed by atoms with Gasteiger partial charge in [0.2, 0.25) is 0 Å². The fraction of sp³-hybridized carbons (Fsp3) is 0.600. The molecule has 1 unspecified atom stereocenters. The standard InChI is InChI=1S/C15H24N2O/c1-2-18-15-6-4-3-5-13(15)14(11-16)17-10-9-12-7-8-12/h3-6,12,14,17H,2,7-11,16H2,1H3. The highest BCUT2D eigenvalue weighted by molar-refractivity contribution is 5.36. The number of hydrogen-bond acceptors (Lipinski definition) is 3. The summed E-state index contributed by atoms with van der Waals surface area (Å²) in [6.45, 7) is 4.35. The molecular formula is C15H24N2O. The number of nitrogens with two attached hydrogens (primary N) is 1. The molecule has 3 nitrogen and oxygen atoms in total. The zero-order valence-electron chi connectivity index (χ0n) is 11.2. The van der Waals surface area contributed by atoms with Crippen LogP contribution in [0.5, 0.6) is 5.75 Å². The van der Waals surface area contributed by atoms with Crippen molar-refractivity contribution in [3.05, 3.63) is 29.8 Å². The summed E-state index contributed by atoms with van der Waals surface area (Å²) in [6.07, 6.45) is 4.09. The molecule has 2 rings (SSSR count).